The van der Waals surface area contributed by atoms with Crippen LogP contribution in [-0.2, 0) is 27.7 Å². The number of sulfonamides is 1. The number of benzene rings is 1. The lowest BCUT2D eigenvalue weighted by Gasteiger charge is -2.11. The molecular weight excluding hydrogens is 288 g/mol. The van der Waals surface area contributed by atoms with Crippen LogP contribution in [0.2, 0.25) is 0 Å². The van der Waals surface area contributed by atoms with Gasteiger partial charge in [-0.3, -0.25) is 0 Å². The van der Waals surface area contributed by atoms with Crippen LogP contribution in [-0.4, -0.2) is 28.2 Å². The van der Waals surface area contributed by atoms with Crippen molar-refractivity contribution in [1.82, 2.24) is 4.72 Å². The maximum absolute atomic E-state index is 12.2. The average molecular weight is 314 g/mol. The minimum absolute atomic E-state index is 0.258. The van der Waals surface area contributed by atoms with Gasteiger partial charge in [-0.05, 0) is 36.1 Å². The van der Waals surface area contributed by atoms with Gasteiger partial charge in [-0.2, -0.15) is 0 Å². The maximum Gasteiger partial charge on any atom is 0.240 e. The van der Waals surface area contributed by atoms with Crippen LogP contribution in [0.25, 0.3) is 0 Å². The highest BCUT2D eigenvalue weighted by Crippen LogP contribution is 2.16. The molecule has 0 aliphatic rings. The predicted molar refractivity (Wildman–Crippen MR) is 84.6 cm³/mol. The molecule has 0 aliphatic carbocycles. The first-order valence-electron chi connectivity index (χ1n) is 7.44. The Labute approximate surface area is 127 Å². The van der Waals surface area contributed by atoms with Crippen molar-refractivity contribution in [1.29, 1.82) is 0 Å². The summed E-state index contributed by atoms with van der Waals surface area (Å²) in [5, 5.41) is 0. The largest absolute Gasteiger partial charge is 0.380 e. The molecule has 21 heavy (non-hydrogen) atoms. The van der Waals surface area contributed by atoms with Crippen molar-refractivity contribution < 1.29 is 13.2 Å². The minimum atomic E-state index is -3.50. The average Bonchev–Trinajstić information content (AvgIpc) is 2.49. The van der Waals surface area contributed by atoms with E-state index in [-0.39, 0.29) is 11.4 Å². The van der Waals surface area contributed by atoms with Crippen molar-refractivity contribution >= 4 is 10.0 Å². The van der Waals surface area contributed by atoms with Crippen molar-refractivity contribution in [2.24, 2.45) is 5.73 Å². The van der Waals surface area contributed by atoms with Gasteiger partial charge >= 0.3 is 0 Å². The number of hydrogen-bond acceptors (Lipinski definition) is 4. The van der Waals surface area contributed by atoms with E-state index in [0.717, 1.165) is 30.4 Å². The molecule has 0 saturated heterocycles. The van der Waals surface area contributed by atoms with Gasteiger partial charge in [-0.15, -0.1) is 0 Å². The first-order valence-corrected chi connectivity index (χ1v) is 8.92. The van der Waals surface area contributed by atoms with Gasteiger partial charge < -0.3 is 10.5 Å². The molecule has 1 rings (SSSR count). The van der Waals surface area contributed by atoms with E-state index in [9.17, 15) is 8.42 Å². The molecule has 120 valence electrons. The summed E-state index contributed by atoms with van der Waals surface area (Å²) in [5.41, 5.74) is 7.63. The van der Waals surface area contributed by atoms with Gasteiger partial charge in [-0.25, -0.2) is 13.1 Å². The summed E-state index contributed by atoms with van der Waals surface area (Å²) >= 11 is 0. The first kappa shape index (κ1) is 18.1. The van der Waals surface area contributed by atoms with Crippen LogP contribution in [0.4, 0.5) is 0 Å². The van der Waals surface area contributed by atoms with Crippen LogP contribution in [0.3, 0.4) is 0 Å². The molecule has 3 N–H and O–H groups in total. The van der Waals surface area contributed by atoms with Crippen LogP contribution >= 0.6 is 0 Å². The molecule has 1 aromatic carbocycles. The fourth-order valence-corrected chi connectivity index (χ4v) is 3.05. The topological polar surface area (TPSA) is 81.4 Å². The molecule has 0 atom stereocenters. The Morgan fingerprint density at radius 3 is 2.57 bits per heavy atom. The zero-order valence-electron chi connectivity index (χ0n) is 12.9. The van der Waals surface area contributed by atoms with E-state index in [1.165, 1.54) is 0 Å². The second-order valence-electron chi connectivity index (χ2n) is 4.85. The Bertz CT molecular complexity index is 530. The number of rotatable bonds is 10. The number of nitrogens with two attached hydrogens (primary N) is 1. The van der Waals surface area contributed by atoms with Gasteiger partial charge in [0.05, 0.1) is 11.5 Å². The Morgan fingerprint density at radius 1 is 1.19 bits per heavy atom. The molecule has 0 amide bonds. The molecule has 0 radical (unpaired) electrons. The van der Waals surface area contributed by atoms with Crippen molar-refractivity contribution in [3.05, 3.63) is 29.3 Å². The summed E-state index contributed by atoms with van der Waals surface area (Å²) in [6.07, 6.45) is 2.90. The van der Waals surface area contributed by atoms with E-state index in [1.54, 1.807) is 12.1 Å². The molecule has 0 aliphatic heterocycles. The molecule has 0 fully saturated rings. The van der Waals surface area contributed by atoms with Gasteiger partial charge in [0.25, 0.3) is 0 Å². The monoisotopic (exact) mass is 314 g/mol. The van der Waals surface area contributed by atoms with Gasteiger partial charge in [-0.1, -0.05) is 26.3 Å². The van der Waals surface area contributed by atoms with Gasteiger partial charge in [0.2, 0.25) is 10.0 Å². The Hall–Kier alpha value is -0.950. The summed E-state index contributed by atoms with van der Waals surface area (Å²) in [6, 6.07) is 5.10. The van der Waals surface area contributed by atoms with Gasteiger partial charge in [0.1, 0.15) is 0 Å². The lowest BCUT2D eigenvalue weighted by Crippen LogP contribution is -2.27. The Kier molecular flexibility index (Phi) is 7.88. The summed E-state index contributed by atoms with van der Waals surface area (Å²) in [6.45, 7) is 5.78. The number of unbranched alkanes of at least 4 members (excludes halogenated alkanes) is 1. The quantitative estimate of drug-likeness (QED) is 0.645. The zero-order valence-corrected chi connectivity index (χ0v) is 13.7. The fourth-order valence-electron chi connectivity index (χ4n) is 1.98. The van der Waals surface area contributed by atoms with Crippen molar-refractivity contribution in [2.75, 3.05) is 19.8 Å². The molecule has 0 saturated carbocycles. The number of ether oxygens (including phenoxy) is 1. The number of aryl methyl sites for hydroxylation is 1. The molecule has 0 spiro atoms. The van der Waals surface area contributed by atoms with E-state index >= 15 is 0 Å². The molecular formula is C15H26N2O3S. The van der Waals surface area contributed by atoms with E-state index in [1.807, 2.05) is 13.0 Å². The number of hydrogen-bond donors (Lipinski definition) is 2. The second kappa shape index (κ2) is 9.15. The Balaban J connectivity index is 2.62. The van der Waals surface area contributed by atoms with Crippen LogP contribution in [0.5, 0.6) is 0 Å². The standard InChI is InChI=1S/C15H26N2O3S/c1-3-5-9-20-10-8-17-21(18,19)15-7-6-13(4-2)14(11-15)12-16/h6-7,11,17H,3-5,8-10,12,16H2,1-2H3. The van der Waals surface area contributed by atoms with Gasteiger partial charge in [0.15, 0.2) is 0 Å². The summed E-state index contributed by atoms with van der Waals surface area (Å²) in [5.74, 6) is 0. The minimum Gasteiger partial charge on any atom is -0.380 e. The fraction of sp³-hybridized carbons (Fsp3) is 0.600. The maximum atomic E-state index is 12.2. The van der Waals surface area contributed by atoms with Crippen molar-refractivity contribution in [3.8, 4) is 0 Å². The molecule has 0 heterocycles. The summed E-state index contributed by atoms with van der Waals surface area (Å²) in [7, 11) is -3.50. The lowest BCUT2D eigenvalue weighted by atomic mass is 10.1. The van der Waals surface area contributed by atoms with Crippen LogP contribution in [0, 0.1) is 0 Å². The molecule has 6 heteroatoms. The molecule has 5 nitrogen and oxygen atoms in total. The first-order chi connectivity index (χ1) is 10.0. The van der Waals surface area contributed by atoms with Gasteiger partial charge in [0, 0.05) is 19.7 Å². The molecule has 1 aromatic rings. The molecule has 0 unspecified atom stereocenters. The summed E-state index contributed by atoms with van der Waals surface area (Å²) < 4.78 is 32.2. The normalized spacial score (nSPS) is 11.8. The summed E-state index contributed by atoms with van der Waals surface area (Å²) in [4.78, 5) is 0.258. The van der Waals surface area contributed by atoms with Crippen molar-refractivity contribution in [2.45, 2.75) is 44.6 Å². The third-order valence-electron chi connectivity index (χ3n) is 3.27. The smallest absolute Gasteiger partial charge is 0.240 e. The van der Waals surface area contributed by atoms with E-state index in [0.29, 0.717) is 19.8 Å². The third kappa shape index (κ3) is 5.74. The highest BCUT2D eigenvalue weighted by molar-refractivity contribution is 7.89. The van der Waals surface area contributed by atoms with Crippen LogP contribution in [0.1, 0.15) is 37.8 Å². The number of nitrogens with one attached hydrogen (secondary N) is 1. The van der Waals surface area contributed by atoms with E-state index in [2.05, 4.69) is 11.6 Å². The van der Waals surface area contributed by atoms with E-state index < -0.39 is 10.0 Å². The van der Waals surface area contributed by atoms with E-state index in [4.69, 9.17) is 10.5 Å². The second-order valence-corrected chi connectivity index (χ2v) is 6.62. The molecule has 0 bridgehead atoms. The lowest BCUT2D eigenvalue weighted by molar-refractivity contribution is 0.136. The third-order valence-corrected chi connectivity index (χ3v) is 4.73. The van der Waals surface area contributed by atoms with Crippen LogP contribution < -0.4 is 10.5 Å². The molecule has 0 aromatic heterocycles. The zero-order chi connectivity index (χ0) is 15.7. The Morgan fingerprint density at radius 2 is 1.95 bits per heavy atom. The predicted octanol–water partition coefficient (Wildman–Crippen LogP) is 1.80. The SMILES string of the molecule is CCCCOCCNS(=O)(=O)c1ccc(CC)c(CN)c1. The van der Waals surface area contributed by atoms with Crippen LogP contribution in [0.15, 0.2) is 23.1 Å². The van der Waals surface area contributed by atoms with Crippen molar-refractivity contribution in [3.63, 3.8) is 0 Å². The highest BCUT2D eigenvalue weighted by atomic mass is 32.2. The highest BCUT2D eigenvalue weighted by Gasteiger charge is 2.14.